The highest BCUT2D eigenvalue weighted by Crippen LogP contribution is 2.23. The average Bonchev–Trinajstić information content (AvgIpc) is 3.21. The Bertz CT molecular complexity index is 776. The average molecular weight is 324 g/mol. The number of nitrogens with zero attached hydrogens (tertiary/aromatic N) is 1. The standard InChI is InChI=1S/C19H17FN2O2/c20-15-7-5-12(6-8-15)17-11-18(24-22-17)19(23)21-16-9-13-3-1-2-4-14(13)10-16/h1-8,16,18H,9-11H2,(H,21,23). The lowest BCUT2D eigenvalue weighted by atomic mass is 10.0. The van der Waals surface area contributed by atoms with Gasteiger partial charge in [-0.25, -0.2) is 4.39 Å². The predicted octanol–water partition coefficient (Wildman–Crippen LogP) is 2.60. The molecule has 2 aliphatic rings. The first-order chi connectivity index (χ1) is 11.7. The van der Waals surface area contributed by atoms with Gasteiger partial charge < -0.3 is 10.2 Å². The lowest BCUT2D eigenvalue weighted by Gasteiger charge is -2.14. The Morgan fingerprint density at radius 3 is 2.38 bits per heavy atom. The Kier molecular flexibility index (Phi) is 3.76. The van der Waals surface area contributed by atoms with Crippen molar-refractivity contribution in [2.75, 3.05) is 0 Å². The van der Waals surface area contributed by atoms with Crippen molar-refractivity contribution in [3.8, 4) is 0 Å². The number of hydrogen-bond acceptors (Lipinski definition) is 3. The first-order valence-electron chi connectivity index (χ1n) is 8.05. The lowest BCUT2D eigenvalue weighted by Crippen LogP contribution is -2.42. The lowest BCUT2D eigenvalue weighted by molar-refractivity contribution is -0.131. The number of rotatable bonds is 3. The highest BCUT2D eigenvalue weighted by molar-refractivity contribution is 6.04. The summed E-state index contributed by atoms with van der Waals surface area (Å²) in [6.07, 6.45) is 1.48. The molecule has 24 heavy (non-hydrogen) atoms. The van der Waals surface area contributed by atoms with Gasteiger partial charge in [0.2, 0.25) is 6.10 Å². The fourth-order valence-corrected chi connectivity index (χ4v) is 3.29. The summed E-state index contributed by atoms with van der Waals surface area (Å²) in [5, 5.41) is 7.04. The zero-order valence-electron chi connectivity index (χ0n) is 13.0. The molecule has 2 aromatic rings. The summed E-state index contributed by atoms with van der Waals surface area (Å²) in [7, 11) is 0. The molecule has 0 radical (unpaired) electrons. The molecule has 1 aliphatic heterocycles. The van der Waals surface area contributed by atoms with Gasteiger partial charge in [0.1, 0.15) is 5.82 Å². The van der Waals surface area contributed by atoms with Crippen molar-refractivity contribution in [1.29, 1.82) is 0 Å². The van der Waals surface area contributed by atoms with Crippen LogP contribution in [-0.2, 0) is 22.5 Å². The highest BCUT2D eigenvalue weighted by atomic mass is 19.1. The molecular formula is C19H17FN2O2. The number of nitrogens with one attached hydrogen (secondary N) is 1. The van der Waals surface area contributed by atoms with E-state index < -0.39 is 6.10 Å². The molecular weight excluding hydrogens is 307 g/mol. The van der Waals surface area contributed by atoms with E-state index in [1.165, 1.54) is 23.3 Å². The quantitative estimate of drug-likeness (QED) is 0.943. The second-order valence-corrected chi connectivity index (χ2v) is 6.23. The van der Waals surface area contributed by atoms with Crippen LogP contribution in [0.15, 0.2) is 53.7 Å². The van der Waals surface area contributed by atoms with Crippen molar-refractivity contribution in [3.05, 3.63) is 71.0 Å². The molecule has 5 heteroatoms. The molecule has 122 valence electrons. The zero-order chi connectivity index (χ0) is 16.5. The maximum absolute atomic E-state index is 13.0. The van der Waals surface area contributed by atoms with Gasteiger partial charge in [-0.15, -0.1) is 0 Å². The Hall–Kier alpha value is -2.69. The molecule has 1 amide bonds. The fraction of sp³-hybridized carbons (Fsp3) is 0.263. The van der Waals surface area contributed by atoms with Crippen LogP contribution in [0.4, 0.5) is 4.39 Å². The third kappa shape index (κ3) is 2.89. The summed E-state index contributed by atoms with van der Waals surface area (Å²) in [5.41, 5.74) is 4.03. The van der Waals surface area contributed by atoms with Crippen molar-refractivity contribution >= 4 is 11.6 Å². The molecule has 1 atom stereocenters. The predicted molar refractivity (Wildman–Crippen MR) is 88.2 cm³/mol. The molecule has 4 nitrogen and oxygen atoms in total. The van der Waals surface area contributed by atoms with E-state index in [1.807, 2.05) is 12.1 Å². The number of carbonyl (C=O) groups is 1. The molecule has 1 aliphatic carbocycles. The minimum absolute atomic E-state index is 0.105. The Balaban J connectivity index is 1.35. The van der Waals surface area contributed by atoms with E-state index in [9.17, 15) is 9.18 Å². The van der Waals surface area contributed by atoms with Crippen molar-refractivity contribution in [2.45, 2.75) is 31.4 Å². The Morgan fingerprint density at radius 2 is 1.71 bits per heavy atom. The van der Waals surface area contributed by atoms with Gasteiger partial charge in [0.05, 0.1) is 5.71 Å². The van der Waals surface area contributed by atoms with Crippen LogP contribution in [0, 0.1) is 5.82 Å². The van der Waals surface area contributed by atoms with Crippen LogP contribution in [0.3, 0.4) is 0 Å². The first-order valence-corrected chi connectivity index (χ1v) is 8.05. The van der Waals surface area contributed by atoms with Crippen LogP contribution in [0.25, 0.3) is 0 Å². The topological polar surface area (TPSA) is 50.7 Å². The Labute approximate surface area is 139 Å². The van der Waals surface area contributed by atoms with E-state index in [2.05, 4.69) is 22.6 Å². The molecule has 0 fully saturated rings. The summed E-state index contributed by atoms with van der Waals surface area (Å²) in [4.78, 5) is 17.7. The van der Waals surface area contributed by atoms with Crippen molar-refractivity contribution in [3.63, 3.8) is 0 Å². The van der Waals surface area contributed by atoms with E-state index in [-0.39, 0.29) is 17.8 Å². The monoisotopic (exact) mass is 324 g/mol. The number of benzene rings is 2. The molecule has 0 saturated heterocycles. The Morgan fingerprint density at radius 1 is 1.04 bits per heavy atom. The molecule has 0 saturated carbocycles. The summed E-state index contributed by atoms with van der Waals surface area (Å²) >= 11 is 0. The van der Waals surface area contributed by atoms with Crippen molar-refractivity contribution in [1.82, 2.24) is 5.32 Å². The molecule has 4 rings (SSSR count). The molecule has 1 heterocycles. The minimum Gasteiger partial charge on any atom is -0.382 e. The summed E-state index contributed by atoms with van der Waals surface area (Å²) < 4.78 is 13.0. The van der Waals surface area contributed by atoms with Crippen LogP contribution in [0.1, 0.15) is 23.1 Å². The zero-order valence-corrected chi connectivity index (χ0v) is 13.0. The largest absolute Gasteiger partial charge is 0.382 e. The van der Waals surface area contributed by atoms with Gasteiger partial charge in [0.25, 0.3) is 5.91 Å². The van der Waals surface area contributed by atoms with Gasteiger partial charge in [-0.3, -0.25) is 4.79 Å². The summed E-state index contributed by atoms with van der Waals surface area (Å²) in [5.74, 6) is -0.443. The van der Waals surface area contributed by atoms with Gasteiger partial charge in [-0.05, 0) is 41.7 Å². The number of oxime groups is 1. The third-order valence-electron chi connectivity index (χ3n) is 4.54. The highest BCUT2D eigenvalue weighted by Gasteiger charge is 2.31. The number of fused-ring (bicyclic) bond motifs is 1. The summed E-state index contributed by atoms with van der Waals surface area (Å²) in [6, 6.07) is 14.4. The van der Waals surface area contributed by atoms with Crippen LogP contribution < -0.4 is 5.32 Å². The molecule has 0 aromatic heterocycles. The number of halogens is 1. The van der Waals surface area contributed by atoms with Gasteiger partial charge in [0.15, 0.2) is 0 Å². The van der Waals surface area contributed by atoms with Gasteiger partial charge in [-0.1, -0.05) is 41.6 Å². The maximum Gasteiger partial charge on any atom is 0.264 e. The van der Waals surface area contributed by atoms with Gasteiger partial charge in [-0.2, -0.15) is 0 Å². The second-order valence-electron chi connectivity index (χ2n) is 6.23. The molecule has 1 N–H and O–H groups in total. The molecule has 0 spiro atoms. The van der Waals surface area contributed by atoms with E-state index in [4.69, 9.17) is 4.84 Å². The van der Waals surface area contributed by atoms with E-state index in [0.717, 1.165) is 18.4 Å². The molecule has 2 aromatic carbocycles. The van der Waals surface area contributed by atoms with E-state index in [0.29, 0.717) is 12.1 Å². The number of amides is 1. The van der Waals surface area contributed by atoms with Crippen LogP contribution in [-0.4, -0.2) is 23.8 Å². The SMILES string of the molecule is O=C(NC1Cc2ccccc2C1)C1CC(c2ccc(F)cc2)=NO1. The van der Waals surface area contributed by atoms with Crippen LogP contribution >= 0.6 is 0 Å². The van der Waals surface area contributed by atoms with E-state index in [1.54, 1.807) is 12.1 Å². The van der Waals surface area contributed by atoms with Crippen LogP contribution in [0.5, 0.6) is 0 Å². The number of carbonyl (C=O) groups excluding carboxylic acids is 1. The second kappa shape index (κ2) is 6.07. The third-order valence-corrected chi connectivity index (χ3v) is 4.54. The minimum atomic E-state index is -0.617. The summed E-state index contributed by atoms with van der Waals surface area (Å²) in [6.45, 7) is 0. The van der Waals surface area contributed by atoms with Crippen LogP contribution in [0.2, 0.25) is 0 Å². The van der Waals surface area contributed by atoms with E-state index >= 15 is 0 Å². The van der Waals surface area contributed by atoms with Crippen molar-refractivity contribution < 1.29 is 14.0 Å². The van der Waals surface area contributed by atoms with Gasteiger partial charge in [0, 0.05) is 12.5 Å². The first kappa shape index (κ1) is 14.9. The van der Waals surface area contributed by atoms with Crippen molar-refractivity contribution in [2.24, 2.45) is 5.16 Å². The fourth-order valence-electron chi connectivity index (χ4n) is 3.29. The van der Waals surface area contributed by atoms with Gasteiger partial charge >= 0.3 is 0 Å². The molecule has 1 unspecified atom stereocenters. The smallest absolute Gasteiger partial charge is 0.264 e. The maximum atomic E-state index is 13.0. The molecule has 0 bridgehead atoms. The normalized spacial score (nSPS) is 19.5. The number of hydrogen-bond donors (Lipinski definition) is 1.